The highest BCUT2D eigenvalue weighted by Gasteiger charge is 2.15. The zero-order valence-electron chi connectivity index (χ0n) is 19.3. The van der Waals surface area contributed by atoms with E-state index in [1.807, 2.05) is 50.2 Å². The Morgan fingerprint density at radius 3 is 2.56 bits per heavy atom. The number of carbonyl (C=O) groups excluding carboxylic acids is 1. The maximum Gasteiger partial charge on any atom is 0.280 e. The number of ether oxygens (including phenoxy) is 1. The van der Waals surface area contributed by atoms with Gasteiger partial charge in [0, 0.05) is 23.6 Å². The predicted octanol–water partition coefficient (Wildman–Crippen LogP) is 6.82. The number of carbonyl (C=O) groups is 1. The molecular weight excluding hydrogens is 410 g/mol. The summed E-state index contributed by atoms with van der Waals surface area (Å²) in [5, 5.41) is 3.55. The van der Waals surface area contributed by atoms with Gasteiger partial charge in [0.25, 0.3) is 5.91 Å². The van der Waals surface area contributed by atoms with Crippen LogP contribution < -0.4 is 10.1 Å². The lowest BCUT2D eigenvalue weighted by atomic mass is 10.1. The summed E-state index contributed by atoms with van der Waals surface area (Å²) >= 11 is 0. The molecule has 1 heterocycles. The van der Waals surface area contributed by atoms with Gasteiger partial charge >= 0.3 is 0 Å². The largest absolute Gasteiger partial charge is 0.478 e. The van der Waals surface area contributed by atoms with Gasteiger partial charge in [0.1, 0.15) is 5.83 Å². The van der Waals surface area contributed by atoms with Crippen LogP contribution in [-0.2, 0) is 4.79 Å². The highest BCUT2D eigenvalue weighted by Crippen LogP contribution is 2.19. The molecule has 32 heavy (non-hydrogen) atoms. The van der Waals surface area contributed by atoms with Gasteiger partial charge in [-0.3, -0.25) is 4.79 Å². The maximum atomic E-state index is 14.1. The number of unbranched alkanes of at least 4 members (excludes halogenated alkanes) is 5. The van der Waals surface area contributed by atoms with Gasteiger partial charge in [-0.05, 0) is 50.3 Å². The number of nitrogens with one attached hydrogen (secondary N) is 1. The molecule has 0 fully saturated rings. The molecule has 0 aliphatic heterocycles. The van der Waals surface area contributed by atoms with Crippen LogP contribution in [0.2, 0.25) is 0 Å². The lowest BCUT2D eigenvalue weighted by Gasteiger charge is -2.07. The number of amides is 1. The molecule has 0 saturated carbocycles. The smallest absolute Gasteiger partial charge is 0.280 e. The van der Waals surface area contributed by atoms with Gasteiger partial charge < -0.3 is 10.1 Å². The van der Waals surface area contributed by atoms with E-state index in [0.29, 0.717) is 25.5 Å². The minimum atomic E-state index is -1.06. The lowest BCUT2D eigenvalue weighted by Crippen LogP contribution is -2.28. The monoisotopic (exact) mass is 444 g/mol. The third kappa shape index (κ3) is 8.77. The van der Waals surface area contributed by atoms with Crippen LogP contribution in [0, 0.1) is 5.92 Å². The van der Waals surface area contributed by atoms with Crippen molar-refractivity contribution in [1.82, 2.24) is 10.3 Å². The van der Waals surface area contributed by atoms with E-state index in [4.69, 9.17) is 4.74 Å². The fourth-order valence-corrected chi connectivity index (χ4v) is 3.11. The molecule has 0 saturated heterocycles. The highest BCUT2D eigenvalue weighted by atomic mass is 19.1. The Kier molecular flexibility index (Phi) is 10.8. The van der Waals surface area contributed by atoms with E-state index >= 15 is 0 Å². The summed E-state index contributed by atoms with van der Waals surface area (Å²) < 4.78 is 33.8. The number of nitrogens with zero attached hydrogens (tertiary/aromatic N) is 1. The number of halogens is 2. The van der Waals surface area contributed by atoms with E-state index in [-0.39, 0.29) is 11.5 Å². The van der Waals surface area contributed by atoms with Crippen molar-refractivity contribution in [2.24, 2.45) is 5.92 Å². The average molecular weight is 445 g/mol. The standard InChI is InChI=1S/C26H34F2N2O2/c1-19(2)18-29-26(31)25(28)20(3)22(27)13-8-6-4-5-7-11-17-32-24-16-15-21-12-9-10-14-23(21)30-24/h9-10,12-16,19H,4-8,11,17-18H2,1-3H3,(H,29,31)/b22-13-,25-20-. The molecule has 0 bridgehead atoms. The normalized spacial score (nSPS) is 12.8. The Bertz CT molecular complexity index is 938. The van der Waals surface area contributed by atoms with Crippen molar-refractivity contribution >= 4 is 16.8 Å². The fraction of sp³-hybridized carbons (Fsp3) is 0.462. The minimum absolute atomic E-state index is 0.203. The fourth-order valence-electron chi connectivity index (χ4n) is 3.11. The molecule has 0 atom stereocenters. The molecule has 0 radical (unpaired) electrons. The number of benzene rings is 1. The molecule has 174 valence electrons. The molecule has 0 aliphatic carbocycles. The van der Waals surface area contributed by atoms with E-state index in [1.54, 1.807) is 0 Å². The molecule has 0 spiro atoms. The topological polar surface area (TPSA) is 51.2 Å². The van der Waals surface area contributed by atoms with Crippen LogP contribution in [0.5, 0.6) is 5.88 Å². The second kappa shape index (κ2) is 13.6. The van der Waals surface area contributed by atoms with Crippen molar-refractivity contribution in [3.63, 3.8) is 0 Å². The number of fused-ring (bicyclic) bond motifs is 1. The van der Waals surface area contributed by atoms with Crippen molar-refractivity contribution in [1.29, 1.82) is 0 Å². The predicted molar refractivity (Wildman–Crippen MR) is 126 cm³/mol. The van der Waals surface area contributed by atoms with Gasteiger partial charge in [-0.15, -0.1) is 0 Å². The Morgan fingerprint density at radius 2 is 1.78 bits per heavy atom. The van der Waals surface area contributed by atoms with Crippen molar-refractivity contribution in [3.05, 3.63) is 59.7 Å². The Hall–Kier alpha value is -2.76. The Balaban J connectivity index is 1.60. The van der Waals surface area contributed by atoms with E-state index in [1.165, 1.54) is 13.0 Å². The van der Waals surface area contributed by atoms with E-state index in [2.05, 4.69) is 10.3 Å². The van der Waals surface area contributed by atoms with Crippen LogP contribution in [-0.4, -0.2) is 24.0 Å². The van der Waals surface area contributed by atoms with Gasteiger partial charge in [-0.1, -0.05) is 51.3 Å². The molecule has 6 heteroatoms. The van der Waals surface area contributed by atoms with Crippen LogP contribution in [0.15, 0.2) is 59.7 Å². The van der Waals surface area contributed by atoms with Crippen molar-refractivity contribution in [2.75, 3.05) is 13.2 Å². The summed E-state index contributed by atoms with van der Waals surface area (Å²) in [4.78, 5) is 16.2. The number of aromatic nitrogens is 1. The number of allylic oxidation sites excluding steroid dienone is 3. The van der Waals surface area contributed by atoms with E-state index in [0.717, 1.165) is 43.0 Å². The van der Waals surface area contributed by atoms with E-state index in [9.17, 15) is 13.6 Å². The first-order valence-electron chi connectivity index (χ1n) is 11.4. The number of para-hydroxylation sites is 1. The SMILES string of the molecule is CC(/C(F)=C/CCCCCCCOc1ccc2ccccc2n1)=C(/F)C(=O)NCC(C)C. The first kappa shape index (κ1) is 25.5. The summed E-state index contributed by atoms with van der Waals surface area (Å²) in [5.41, 5.74) is 0.678. The second-order valence-electron chi connectivity index (χ2n) is 8.34. The van der Waals surface area contributed by atoms with Gasteiger partial charge in [-0.25, -0.2) is 13.8 Å². The zero-order chi connectivity index (χ0) is 23.3. The van der Waals surface area contributed by atoms with Crippen LogP contribution in [0.3, 0.4) is 0 Å². The molecule has 2 rings (SSSR count). The maximum absolute atomic E-state index is 14.1. The van der Waals surface area contributed by atoms with Crippen LogP contribution in [0.1, 0.15) is 59.3 Å². The molecule has 4 nitrogen and oxygen atoms in total. The van der Waals surface area contributed by atoms with Crippen molar-refractivity contribution < 1.29 is 18.3 Å². The third-order valence-corrected chi connectivity index (χ3v) is 5.05. The highest BCUT2D eigenvalue weighted by molar-refractivity contribution is 5.92. The molecular formula is C26H34F2N2O2. The second-order valence-corrected chi connectivity index (χ2v) is 8.34. The minimum Gasteiger partial charge on any atom is -0.478 e. The lowest BCUT2D eigenvalue weighted by molar-refractivity contribution is -0.119. The van der Waals surface area contributed by atoms with Crippen LogP contribution in [0.25, 0.3) is 10.9 Å². The zero-order valence-corrected chi connectivity index (χ0v) is 19.3. The average Bonchev–Trinajstić information content (AvgIpc) is 2.80. The van der Waals surface area contributed by atoms with Crippen molar-refractivity contribution in [3.8, 4) is 5.88 Å². The summed E-state index contributed by atoms with van der Waals surface area (Å²) in [6.07, 6.45) is 6.61. The van der Waals surface area contributed by atoms with Gasteiger partial charge in [0.15, 0.2) is 5.83 Å². The Morgan fingerprint density at radius 1 is 1.06 bits per heavy atom. The first-order valence-corrected chi connectivity index (χ1v) is 11.4. The Labute approximate surface area is 189 Å². The quantitative estimate of drug-likeness (QED) is 0.209. The summed E-state index contributed by atoms with van der Waals surface area (Å²) in [6.45, 7) is 6.08. The van der Waals surface area contributed by atoms with E-state index < -0.39 is 17.6 Å². The molecule has 1 aromatic carbocycles. The summed E-state index contributed by atoms with van der Waals surface area (Å²) in [6, 6.07) is 11.8. The molecule has 1 amide bonds. The van der Waals surface area contributed by atoms with Crippen LogP contribution in [0.4, 0.5) is 8.78 Å². The first-order chi connectivity index (χ1) is 15.4. The van der Waals surface area contributed by atoms with Crippen molar-refractivity contribution in [2.45, 2.75) is 59.3 Å². The van der Waals surface area contributed by atoms with Gasteiger partial charge in [-0.2, -0.15) is 0 Å². The molecule has 1 aromatic heterocycles. The van der Waals surface area contributed by atoms with Gasteiger partial charge in [0.2, 0.25) is 5.88 Å². The summed E-state index contributed by atoms with van der Waals surface area (Å²) in [7, 11) is 0. The molecule has 0 unspecified atom stereocenters. The summed E-state index contributed by atoms with van der Waals surface area (Å²) in [5.74, 6) is -1.74. The number of hydrogen-bond donors (Lipinski definition) is 1. The third-order valence-electron chi connectivity index (χ3n) is 5.05. The molecule has 1 N–H and O–H groups in total. The molecule has 0 aliphatic rings. The van der Waals surface area contributed by atoms with Gasteiger partial charge in [0.05, 0.1) is 12.1 Å². The van der Waals surface area contributed by atoms with Crippen LogP contribution >= 0.6 is 0 Å². The number of rotatable bonds is 13. The number of pyridine rings is 1. The number of hydrogen-bond acceptors (Lipinski definition) is 3. The molecule has 2 aromatic rings.